The van der Waals surface area contributed by atoms with Gasteiger partial charge in [0.2, 0.25) is 5.95 Å². The van der Waals surface area contributed by atoms with Gasteiger partial charge in [0.1, 0.15) is 11.8 Å². The maximum Gasteiger partial charge on any atom is 0.255 e. The zero-order valence-electron chi connectivity index (χ0n) is 19.8. The highest BCUT2D eigenvalue weighted by Gasteiger charge is 2.34. The number of carbonyl (C=O) groups is 1. The van der Waals surface area contributed by atoms with Crippen LogP contribution in [0.4, 0.5) is 11.6 Å². The van der Waals surface area contributed by atoms with Gasteiger partial charge in [0, 0.05) is 17.5 Å². The number of hydrogen-bond acceptors (Lipinski definition) is 6. The van der Waals surface area contributed by atoms with Crippen LogP contribution in [-0.2, 0) is 4.79 Å². The highest BCUT2D eigenvalue weighted by atomic mass is 16.5. The molecule has 3 heterocycles. The molecular weight excluding hydrogens is 440 g/mol. The van der Waals surface area contributed by atoms with Crippen molar-refractivity contribution in [1.29, 1.82) is 0 Å². The number of nitrogens with zero attached hydrogens (tertiary/aromatic N) is 4. The molecule has 2 N–H and O–H groups in total. The SMILES string of the molecule is CCOc1ccc(C2C(C(=O)Nc3cccnc3)=C(C)Nc3nc(-c4ccc(C)cc4)nn32)cc1. The quantitative estimate of drug-likeness (QED) is 0.417. The zero-order valence-corrected chi connectivity index (χ0v) is 19.8. The van der Waals surface area contributed by atoms with Crippen molar-refractivity contribution in [2.45, 2.75) is 26.8 Å². The van der Waals surface area contributed by atoms with Crippen molar-refractivity contribution in [3.8, 4) is 17.1 Å². The number of amides is 1. The molecule has 1 aliphatic rings. The first-order chi connectivity index (χ1) is 17.0. The maximum atomic E-state index is 13.5. The van der Waals surface area contributed by atoms with Gasteiger partial charge in [-0.05, 0) is 50.6 Å². The Morgan fingerprint density at radius 1 is 1.09 bits per heavy atom. The molecule has 0 spiro atoms. The Morgan fingerprint density at radius 2 is 1.86 bits per heavy atom. The maximum absolute atomic E-state index is 13.5. The Labute approximate surface area is 203 Å². The van der Waals surface area contributed by atoms with E-state index in [2.05, 4.69) is 15.6 Å². The molecule has 1 amide bonds. The summed E-state index contributed by atoms with van der Waals surface area (Å²) < 4.78 is 7.39. The van der Waals surface area contributed by atoms with E-state index in [1.807, 2.05) is 69.3 Å². The molecule has 8 heteroatoms. The first-order valence-corrected chi connectivity index (χ1v) is 11.5. The molecule has 0 saturated carbocycles. The number of allylic oxidation sites excluding steroid dienone is 1. The summed E-state index contributed by atoms with van der Waals surface area (Å²) in [4.78, 5) is 22.4. The summed E-state index contributed by atoms with van der Waals surface area (Å²) in [5.74, 6) is 1.70. The lowest BCUT2D eigenvalue weighted by Gasteiger charge is -2.28. The predicted molar refractivity (Wildman–Crippen MR) is 135 cm³/mol. The highest BCUT2D eigenvalue weighted by molar-refractivity contribution is 6.05. The van der Waals surface area contributed by atoms with Crippen molar-refractivity contribution in [3.63, 3.8) is 0 Å². The van der Waals surface area contributed by atoms with Gasteiger partial charge in [-0.15, -0.1) is 5.10 Å². The van der Waals surface area contributed by atoms with Gasteiger partial charge in [-0.2, -0.15) is 4.98 Å². The van der Waals surface area contributed by atoms with Gasteiger partial charge in [-0.3, -0.25) is 9.78 Å². The van der Waals surface area contributed by atoms with Crippen molar-refractivity contribution in [2.75, 3.05) is 17.2 Å². The van der Waals surface area contributed by atoms with Crippen LogP contribution in [-0.4, -0.2) is 32.3 Å². The molecule has 1 unspecified atom stereocenters. The second-order valence-corrected chi connectivity index (χ2v) is 8.33. The monoisotopic (exact) mass is 466 g/mol. The minimum atomic E-state index is -0.481. The summed E-state index contributed by atoms with van der Waals surface area (Å²) in [6, 6.07) is 18.9. The molecule has 176 valence electrons. The number of aryl methyl sites for hydroxylation is 1. The van der Waals surface area contributed by atoms with Gasteiger partial charge < -0.3 is 15.4 Å². The molecule has 8 nitrogen and oxygen atoms in total. The Morgan fingerprint density at radius 3 is 2.54 bits per heavy atom. The van der Waals surface area contributed by atoms with Gasteiger partial charge in [0.05, 0.1) is 24.1 Å². The fraction of sp³-hybridized carbons (Fsp3) is 0.185. The molecular formula is C27H26N6O2. The van der Waals surface area contributed by atoms with Gasteiger partial charge in [0.25, 0.3) is 5.91 Å². The van der Waals surface area contributed by atoms with E-state index in [0.717, 1.165) is 22.4 Å². The second kappa shape index (κ2) is 9.42. The molecule has 0 aliphatic carbocycles. The number of ether oxygens (including phenoxy) is 1. The molecule has 0 saturated heterocycles. The Hall–Kier alpha value is -4.46. The number of hydrogen-bond donors (Lipinski definition) is 2. The van der Waals surface area contributed by atoms with Gasteiger partial charge in [-0.1, -0.05) is 42.0 Å². The van der Waals surface area contributed by atoms with Crippen LogP contribution in [0.15, 0.2) is 84.3 Å². The van der Waals surface area contributed by atoms with E-state index in [-0.39, 0.29) is 5.91 Å². The molecule has 2 aromatic heterocycles. The van der Waals surface area contributed by atoms with Crippen LogP contribution >= 0.6 is 0 Å². The predicted octanol–water partition coefficient (Wildman–Crippen LogP) is 4.97. The molecule has 4 aromatic rings. The molecule has 1 atom stereocenters. The largest absolute Gasteiger partial charge is 0.494 e. The standard InChI is InChI=1S/C27H26N6O2/c1-4-35-22-13-11-19(12-14-22)24-23(26(34)30-21-6-5-15-28-16-21)18(3)29-27-31-25(32-33(24)27)20-9-7-17(2)8-10-20/h5-16,24H,4H2,1-3H3,(H,30,34)(H,29,31,32). The van der Waals surface area contributed by atoms with Crippen molar-refractivity contribution in [3.05, 3.63) is 95.5 Å². The third-order valence-corrected chi connectivity index (χ3v) is 5.83. The molecule has 5 rings (SSSR count). The molecule has 0 radical (unpaired) electrons. The van der Waals surface area contributed by atoms with Crippen LogP contribution in [0.2, 0.25) is 0 Å². The summed E-state index contributed by atoms with van der Waals surface area (Å²) in [5.41, 5.74) is 4.84. The zero-order chi connectivity index (χ0) is 24.4. The minimum Gasteiger partial charge on any atom is -0.494 e. The van der Waals surface area contributed by atoms with Crippen LogP contribution in [0.1, 0.15) is 31.0 Å². The molecule has 0 fully saturated rings. The average Bonchev–Trinajstić information content (AvgIpc) is 3.28. The van der Waals surface area contributed by atoms with Crippen LogP contribution < -0.4 is 15.4 Å². The van der Waals surface area contributed by atoms with E-state index < -0.39 is 6.04 Å². The van der Waals surface area contributed by atoms with E-state index in [9.17, 15) is 4.79 Å². The fourth-order valence-corrected chi connectivity index (χ4v) is 4.13. The lowest BCUT2D eigenvalue weighted by atomic mass is 9.95. The number of benzene rings is 2. The minimum absolute atomic E-state index is 0.236. The summed E-state index contributed by atoms with van der Waals surface area (Å²) in [6.45, 7) is 6.45. The fourth-order valence-electron chi connectivity index (χ4n) is 4.13. The van der Waals surface area contributed by atoms with Crippen molar-refractivity contribution in [2.24, 2.45) is 0 Å². The lowest BCUT2D eigenvalue weighted by Crippen LogP contribution is -2.31. The number of anilines is 2. The molecule has 35 heavy (non-hydrogen) atoms. The van der Waals surface area contributed by atoms with E-state index in [4.69, 9.17) is 14.8 Å². The smallest absolute Gasteiger partial charge is 0.255 e. The summed E-state index contributed by atoms with van der Waals surface area (Å²) >= 11 is 0. The van der Waals surface area contributed by atoms with E-state index in [0.29, 0.717) is 35.3 Å². The van der Waals surface area contributed by atoms with Crippen molar-refractivity contribution >= 4 is 17.5 Å². The normalized spacial score (nSPS) is 14.8. The van der Waals surface area contributed by atoms with Crippen LogP contribution in [0.25, 0.3) is 11.4 Å². The Kier molecular flexibility index (Phi) is 6.01. The van der Waals surface area contributed by atoms with Crippen molar-refractivity contribution in [1.82, 2.24) is 19.7 Å². The van der Waals surface area contributed by atoms with E-state index >= 15 is 0 Å². The molecule has 1 aliphatic heterocycles. The highest BCUT2D eigenvalue weighted by Crippen LogP contribution is 2.37. The van der Waals surface area contributed by atoms with Crippen molar-refractivity contribution < 1.29 is 9.53 Å². The van der Waals surface area contributed by atoms with E-state index in [1.165, 1.54) is 0 Å². The van der Waals surface area contributed by atoms with Crippen LogP contribution in [0, 0.1) is 6.92 Å². The summed E-state index contributed by atoms with van der Waals surface area (Å²) in [5, 5.41) is 11.1. The Balaban J connectivity index is 1.58. The second-order valence-electron chi connectivity index (χ2n) is 8.33. The lowest BCUT2D eigenvalue weighted by molar-refractivity contribution is -0.113. The Bertz CT molecular complexity index is 1380. The summed E-state index contributed by atoms with van der Waals surface area (Å²) in [6.07, 6.45) is 3.28. The number of fused-ring (bicyclic) bond motifs is 1. The number of rotatable bonds is 6. The van der Waals surface area contributed by atoms with Gasteiger partial charge in [0.15, 0.2) is 5.82 Å². The van der Waals surface area contributed by atoms with Crippen LogP contribution in [0.5, 0.6) is 5.75 Å². The topological polar surface area (TPSA) is 94.0 Å². The molecule has 2 aromatic carbocycles. The number of carbonyl (C=O) groups excluding carboxylic acids is 1. The third-order valence-electron chi connectivity index (χ3n) is 5.83. The number of nitrogens with one attached hydrogen (secondary N) is 2. The van der Waals surface area contributed by atoms with E-state index in [1.54, 1.807) is 29.2 Å². The molecule has 0 bridgehead atoms. The average molecular weight is 467 g/mol. The van der Waals surface area contributed by atoms with Gasteiger partial charge in [-0.25, -0.2) is 4.68 Å². The summed E-state index contributed by atoms with van der Waals surface area (Å²) in [7, 11) is 0. The van der Waals surface area contributed by atoms with Gasteiger partial charge >= 0.3 is 0 Å². The first kappa shape index (κ1) is 22.3. The third kappa shape index (κ3) is 4.50. The van der Waals surface area contributed by atoms with Crippen LogP contribution in [0.3, 0.4) is 0 Å². The first-order valence-electron chi connectivity index (χ1n) is 11.5. The number of pyridine rings is 1. The number of aromatic nitrogens is 4.